The van der Waals surface area contributed by atoms with Gasteiger partial charge >= 0.3 is 0 Å². The van der Waals surface area contributed by atoms with Gasteiger partial charge in [0.1, 0.15) is 11.5 Å². The molecule has 0 spiro atoms. The third-order valence-corrected chi connectivity index (χ3v) is 5.23. The number of nitrogens with zero attached hydrogens (tertiary/aromatic N) is 1. The van der Waals surface area contributed by atoms with Crippen molar-refractivity contribution >= 4 is 17.5 Å². The van der Waals surface area contributed by atoms with Crippen molar-refractivity contribution in [2.75, 3.05) is 5.75 Å². The number of Topliss-reactive ketones (excluding diaryl/α,β-unsaturated/α-hetero) is 1. The first-order chi connectivity index (χ1) is 12.6. The molecule has 1 heterocycles. The summed E-state index contributed by atoms with van der Waals surface area (Å²) in [4.78, 5) is 16.7. The summed E-state index contributed by atoms with van der Waals surface area (Å²) in [6.07, 6.45) is 1.39. The van der Waals surface area contributed by atoms with Gasteiger partial charge in [0.2, 0.25) is 5.89 Å². The number of hydrogen-bond donors (Lipinski definition) is 0. The molecule has 0 aliphatic rings. The molecule has 0 radical (unpaired) electrons. The van der Waals surface area contributed by atoms with Gasteiger partial charge in [-0.05, 0) is 38.0 Å². The first-order valence-electron chi connectivity index (χ1n) is 8.78. The van der Waals surface area contributed by atoms with E-state index < -0.39 is 0 Å². The van der Waals surface area contributed by atoms with Crippen molar-refractivity contribution in [3.05, 3.63) is 77.2 Å². The lowest BCUT2D eigenvalue weighted by Gasteiger charge is -2.01. The molecule has 3 aromatic rings. The van der Waals surface area contributed by atoms with E-state index in [1.165, 1.54) is 11.1 Å². The van der Waals surface area contributed by atoms with E-state index in [9.17, 15) is 4.79 Å². The smallest absolute Gasteiger partial charge is 0.226 e. The predicted molar refractivity (Wildman–Crippen MR) is 107 cm³/mol. The van der Waals surface area contributed by atoms with Gasteiger partial charge in [0.05, 0.1) is 11.4 Å². The van der Waals surface area contributed by atoms with Crippen LogP contribution in [0, 0.1) is 13.8 Å². The predicted octanol–water partition coefficient (Wildman–Crippen LogP) is 5.39. The van der Waals surface area contributed by atoms with Gasteiger partial charge in [-0.1, -0.05) is 48.0 Å². The molecule has 0 N–H and O–H groups in total. The number of hydrogen-bond acceptors (Lipinski definition) is 4. The second kappa shape index (κ2) is 8.86. The topological polar surface area (TPSA) is 43.1 Å². The number of carbonyl (C=O) groups excluding carboxylic acids is 1. The lowest BCUT2D eigenvalue weighted by Crippen LogP contribution is -2.03. The molecule has 1 aromatic heterocycles. The fourth-order valence-electron chi connectivity index (χ4n) is 2.64. The molecular weight excluding hydrogens is 342 g/mol. The Hall–Kier alpha value is -2.33. The Morgan fingerprint density at radius 3 is 2.50 bits per heavy atom. The molecule has 0 unspecified atom stereocenters. The van der Waals surface area contributed by atoms with Gasteiger partial charge in [0.25, 0.3) is 0 Å². The van der Waals surface area contributed by atoms with E-state index in [1.54, 1.807) is 11.8 Å². The Kier molecular flexibility index (Phi) is 6.29. The maximum atomic E-state index is 12.1. The minimum Gasteiger partial charge on any atom is -0.441 e. The number of aromatic nitrogens is 1. The highest BCUT2D eigenvalue weighted by atomic mass is 32.2. The van der Waals surface area contributed by atoms with Crippen molar-refractivity contribution in [3.8, 4) is 11.5 Å². The summed E-state index contributed by atoms with van der Waals surface area (Å²) in [5, 5.41) is 0. The Labute approximate surface area is 158 Å². The lowest BCUT2D eigenvalue weighted by molar-refractivity contribution is -0.116. The largest absolute Gasteiger partial charge is 0.441 e. The van der Waals surface area contributed by atoms with Crippen LogP contribution in [0.25, 0.3) is 11.5 Å². The number of thioether (sulfide) groups is 1. The normalized spacial score (nSPS) is 10.8. The van der Waals surface area contributed by atoms with Crippen molar-refractivity contribution in [2.45, 2.75) is 32.4 Å². The highest BCUT2D eigenvalue weighted by Gasteiger charge is 2.12. The molecule has 0 atom stereocenters. The Balaban J connectivity index is 1.49. The van der Waals surface area contributed by atoms with E-state index in [0.29, 0.717) is 23.8 Å². The van der Waals surface area contributed by atoms with Crippen molar-refractivity contribution in [2.24, 2.45) is 0 Å². The number of benzene rings is 2. The fourth-order valence-corrected chi connectivity index (χ4v) is 3.58. The molecule has 0 fully saturated rings. The summed E-state index contributed by atoms with van der Waals surface area (Å²) in [5.74, 6) is 2.95. The average Bonchev–Trinajstić information content (AvgIpc) is 3.02. The Morgan fingerprint density at radius 1 is 1.04 bits per heavy atom. The van der Waals surface area contributed by atoms with Crippen molar-refractivity contribution in [1.29, 1.82) is 0 Å². The standard InChI is InChI=1S/C22H23NO2S/c1-16-8-11-19(12-9-16)22-23-21(17(2)25-22)15-26-14-20(24)13-10-18-6-4-3-5-7-18/h3-9,11-12H,10,13-15H2,1-2H3. The summed E-state index contributed by atoms with van der Waals surface area (Å²) < 4.78 is 5.79. The maximum absolute atomic E-state index is 12.1. The van der Waals surface area contributed by atoms with Gasteiger partial charge in [0.15, 0.2) is 0 Å². The van der Waals surface area contributed by atoms with Crippen molar-refractivity contribution < 1.29 is 9.21 Å². The van der Waals surface area contributed by atoms with Crippen LogP contribution in [-0.4, -0.2) is 16.5 Å². The minimum atomic E-state index is 0.277. The first-order valence-corrected chi connectivity index (χ1v) is 9.94. The third-order valence-electron chi connectivity index (χ3n) is 4.23. The lowest BCUT2D eigenvalue weighted by atomic mass is 10.1. The van der Waals surface area contributed by atoms with Gasteiger partial charge < -0.3 is 4.42 Å². The van der Waals surface area contributed by atoms with Crippen LogP contribution in [0.1, 0.15) is 29.0 Å². The molecule has 0 bridgehead atoms. The Bertz CT molecular complexity index is 854. The summed E-state index contributed by atoms with van der Waals surface area (Å²) >= 11 is 1.60. The Morgan fingerprint density at radius 2 is 1.77 bits per heavy atom. The van der Waals surface area contributed by atoms with Crippen LogP contribution in [0.15, 0.2) is 59.0 Å². The van der Waals surface area contributed by atoms with Crippen LogP contribution in [0.3, 0.4) is 0 Å². The van der Waals surface area contributed by atoms with Gasteiger partial charge in [-0.15, -0.1) is 11.8 Å². The zero-order valence-corrected chi connectivity index (χ0v) is 16.0. The van der Waals surface area contributed by atoms with Crippen LogP contribution in [0.2, 0.25) is 0 Å². The number of aryl methyl sites for hydroxylation is 3. The average molecular weight is 365 g/mol. The van der Waals surface area contributed by atoms with E-state index >= 15 is 0 Å². The molecule has 2 aromatic carbocycles. The molecule has 0 saturated heterocycles. The van der Waals surface area contributed by atoms with E-state index in [4.69, 9.17) is 4.42 Å². The zero-order valence-electron chi connectivity index (χ0n) is 15.2. The van der Waals surface area contributed by atoms with Gasteiger partial charge in [-0.3, -0.25) is 4.79 Å². The fraction of sp³-hybridized carbons (Fsp3) is 0.273. The minimum absolute atomic E-state index is 0.277. The highest BCUT2D eigenvalue weighted by molar-refractivity contribution is 7.99. The van der Waals surface area contributed by atoms with E-state index in [1.807, 2.05) is 37.3 Å². The van der Waals surface area contributed by atoms with Gasteiger partial charge in [0, 0.05) is 17.7 Å². The SMILES string of the molecule is Cc1ccc(-c2nc(CSCC(=O)CCc3ccccc3)c(C)o2)cc1. The maximum Gasteiger partial charge on any atom is 0.226 e. The molecule has 134 valence electrons. The zero-order chi connectivity index (χ0) is 18.4. The van der Waals surface area contributed by atoms with E-state index in [-0.39, 0.29) is 5.78 Å². The van der Waals surface area contributed by atoms with E-state index in [2.05, 4.69) is 36.2 Å². The van der Waals surface area contributed by atoms with Gasteiger partial charge in [-0.2, -0.15) is 0 Å². The number of ketones is 1. The summed E-state index contributed by atoms with van der Waals surface area (Å²) in [6, 6.07) is 18.3. The van der Waals surface area contributed by atoms with Crippen LogP contribution in [0.4, 0.5) is 0 Å². The number of carbonyl (C=O) groups is 1. The molecule has 0 aliphatic carbocycles. The number of oxazole rings is 1. The molecule has 0 amide bonds. The van der Waals surface area contributed by atoms with Crippen LogP contribution in [-0.2, 0) is 17.0 Å². The van der Waals surface area contributed by atoms with Crippen molar-refractivity contribution in [3.63, 3.8) is 0 Å². The van der Waals surface area contributed by atoms with E-state index in [0.717, 1.165) is 23.4 Å². The summed E-state index contributed by atoms with van der Waals surface area (Å²) in [7, 11) is 0. The molecule has 0 aliphatic heterocycles. The van der Waals surface area contributed by atoms with Crippen LogP contribution < -0.4 is 0 Å². The summed E-state index contributed by atoms with van der Waals surface area (Å²) in [6.45, 7) is 3.99. The number of rotatable bonds is 8. The second-order valence-corrected chi connectivity index (χ2v) is 7.39. The first kappa shape index (κ1) is 18.5. The second-order valence-electron chi connectivity index (χ2n) is 6.40. The molecule has 26 heavy (non-hydrogen) atoms. The molecule has 3 rings (SSSR count). The summed E-state index contributed by atoms with van der Waals surface area (Å²) in [5.41, 5.74) is 4.32. The molecule has 0 saturated carbocycles. The third kappa shape index (κ3) is 5.09. The molecule has 3 nitrogen and oxygen atoms in total. The van der Waals surface area contributed by atoms with Crippen LogP contribution >= 0.6 is 11.8 Å². The highest BCUT2D eigenvalue weighted by Crippen LogP contribution is 2.24. The van der Waals surface area contributed by atoms with Crippen LogP contribution in [0.5, 0.6) is 0 Å². The van der Waals surface area contributed by atoms with Crippen molar-refractivity contribution in [1.82, 2.24) is 4.98 Å². The molecule has 4 heteroatoms. The monoisotopic (exact) mass is 365 g/mol. The molecular formula is C22H23NO2S. The quantitative estimate of drug-likeness (QED) is 0.536. The van der Waals surface area contributed by atoms with Gasteiger partial charge in [-0.25, -0.2) is 4.98 Å².